The number of hydrogen-bond donors (Lipinski definition) is 2. The Bertz CT molecular complexity index is 216. The van der Waals surface area contributed by atoms with Crippen LogP contribution in [0.15, 0.2) is 0 Å². The molecule has 0 aromatic carbocycles. The van der Waals surface area contributed by atoms with Gasteiger partial charge in [-0.2, -0.15) is 24.9 Å². The molecule has 0 bridgehead atoms. The quantitative estimate of drug-likeness (QED) is 0.767. The lowest BCUT2D eigenvalue weighted by molar-refractivity contribution is -0.136. The fourth-order valence-corrected chi connectivity index (χ4v) is 2.12. The van der Waals surface area contributed by atoms with Crippen molar-refractivity contribution >= 4 is 17.7 Å². The van der Waals surface area contributed by atoms with Crippen molar-refractivity contribution in [2.24, 2.45) is 0 Å². The summed E-state index contributed by atoms with van der Waals surface area (Å²) in [5.74, 6) is 1.22. The summed E-state index contributed by atoms with van der Waals surface area (Å²) in [5.41, 5.74) is 0. The molecule has 1 unspecified atom stereocenters. The molecule has 1 fully saturated rings. The van der Waals surface area contributed by atoms with E-state index in [1.807, 2.05) is 0 Å². The Balaban J connectivity index is 2.17. The molecule has 15 heavy (non-hydrogen) atoms. The van der Waals surface area contributed by atoms with Crippen LogP contribution in [0.25, 0.3) is 0 Å². The van der Waals surface area contributed by atoms with Gasteiger partial charge in [-0.05, 0) is 0 Å². The first-order valence-electron chi connectivity index (χ1n) is 4.64. The SMILES string of the molecule is O=C(NCCC(F)(F)F)C1CSCCN1. The molecule has 1 rings (SSSR count). The number of amides is 1. The van der Waals surface area contributed by atoms with E-state index >= 15 is 0 Å². The summed E-state index contributed by atoms with van der Waals surface area (Å²) in [5, 5.41) is 5.23. The molecule has 0 aromatic heterocycles. The van der Waals surface area contributed by atoms with Gasteiger partial charge in [-0.3, -0.25) is 4.79 Å². The van der Waals surface area contributed by atoms with Crippen LogP contribution in [0.5, 0.6) is 0 Å². The predicted octanol–water partition coefficient (Wildman–Crippen LogP) is 0.760. The number of carbonyl (C=O) groups excluding carboxylic acids is 1. The van der Waals surface area contributed by atoms with E-state index in [9.17, 15) is 18.0 Å². The minimum atomic E-state index is -4.21. The van der Waals surface area contributed by atoms with Crippen LogP contribution >= 0.6 is 11.8 Å². The van der Waals surface area contributed by atoms with Crippen LogP contribution < -0.4 is 10.6 Å². The number of alkyl halides is 3. The number of rotatable bonds is 3. The molecule has 1 saturated heterocycles. The van der Waals surface area contributed by atoms with E-state index in [2.05, 4.69) is 10.6 Å². The van der Waals surface area contributed by atoms with E-state index in [1.54, 1.807) is 11.8 Å². The molecule has 1 aliphatic rings. The lowest BCUT2D eigenvalue weighted by atomic mass is 10.3. The molecule has 7 heteroatoms. The topological polar surface area (TPSA) is 41.1 Å². The Morgan fingerprint density at radius 2 is 2.27 bits per heavy atom. The largest absolute Gasteiger partial charge is 0.390 e. The summed E-state index contributed by atoms with van der Waals surface area (Å²) in [6.07, 6.45) is -5.18. The van der Waals surface area contributed by atoms with Crippen molar-refractivity contribution in [1.29, 1.82) is 0 Å². The first kappa shape index (κ1) is 12.6. The molecule has 0 aliphatic carbocycles. The molecule has 0 radical (unpaired) electrons. The van der Waals surface area contributed by atoms with Crippen LogP contribution in [0, 0.1) is 0 Å². The third-order valence-electron chi connectivity index (χ3n) is 1.95. The maximum atomic E-state index is 11.8. The Labute approximate surface area is 90.2 Å². The van der Waals surface area contributed by atoms with Gasteiger partial charge in [0.05, 0.1) is 12.5 Å². The molecule has 2 N–H and O–H groups in total. The van der Waals surface area contributed by atoms with Gasteiger partial charge in [-0.1, -0.05) is 0 Å². The lowest BCUT2D eigenvalue weighted by Gasteiger charge is -2.22. The maximum Gasteiger partial charge on any atom is 0.390 e. The zero-order chi connectivity index (χ0) is 11.3. The average molecular weight is 242 g/mol. The second-order valence-electron chi connectivity index (χ2n) is 3.24. The van der Waals surface area contributed by atoms with Gasteiger partial charge in [-0.15, -0.1) is 0 Å². The van der Waals surface area contributed by atoms with Crippen molar-refractivity contribution in [3.05, 3.63) is 0 Å². The van der Waals surface area contributed by atoms with Crippen LogP contribution in [-0.2, 0) is 4.79 Å². The Kier molecular flexibility index (Phi) is 4.72. The van der Waals surface area contributed by atoms with Gasteiger partial charge in [0, 0.05) is 24.6 Å². The van der Waals surface area contributed by atoms with Crippen molar-refractivity contribution in [3.63, 3.8) is 0 Å². The normalized spacial score (nSPS) is 22.5. The van der Waals surface area contributed by atoms with Crippen LogP contribution in [0.3, 0.4) is 0 Å². The molecule has 0 saturated carbocycles. The summed E-state index contributed by atoms with van der Waals surface area (Å²) >= 11 is 1.62. The van der Waals surface area contributed by atoms with Crippen molar-refractivity contribution < 1.29 is 18.0 Å². The fraction of sp³-hybridized carbons (Fsp3) is 0.875. The van der Waals surface area contributed by atoms with E-state index in [-0.39, 0.29) is 18.5 Å². The van der Waals surface area contributed by atoms with E-state index in [0.29, 0.717) is 5.75 Å². The number of hydrogen-bond acceptors (Lipinski definition) is 3. The monoisotopic (exact) mass is 242 g/mol. The number of nitrogens with one attached hydrogen (secondary N) is 2. The van der Waals surface area contributed by atoms with Gasteiger partial charge in [0.2, 0.25) is 5.91 Å². The highest BCUT2D eigenvalue weighted by molar-refractivity contribution is 7.99. The molecule has 1 heterocycles. The minimum Gasteiger partial charge on any atom is -0.354 e. The van der Waals surface area contributed by atoms with E-state index < -0.39 is 12.6 Å². The van der Waals surface area contributed by atoms with Crippen LogP contribution in [0.4, 0.5) is 13.2 Å². The van der Waals surface area contributed by atoms with Crippen molar-refractivity contribution in [2.75, 3.05) is 24.6 Å². The summed E-state index contributed by atoms with van der Waals surface area (Å²) in [6.45, 7) is 0.382. The molecule has 1 aliphatic heterocycles. The second kappa shape index (κ2) is 5.60. The lowest BCUT2D eigenvalue weighted by Crippen LogP contribution is -2.49. The predicted molar refractivity (Wildman–Crippen MR) is 52.8 cm³/mol. The van der Waals surface area contributed by atoms with Crippen LogP contribution in [0.2, 0.25) is 0 Å². The van der Waals surface area contributed by atoms with Crippen LogP contribution in [0.1, 0.15) is 6.42 Å². The number of carbonyl (C=O) groups is 1. The van der Waals surface area contributed by atoms with Crippen molar-refractivity contribution in [1.82, 2.24) is 10.6 Å². The smallest absolute Gasteiger partial charge is 0.354 e. The highest BCUT2D eigenvalue weighted by atomic mass is 32.2. The summed E-state index contributed by atoms with van der Waals surface area (Å²) < 4.78 is 35.3. The molecule has 1 amide bonds. The number of thioether (sulfide) groups is 1. The van der Waals surface area contributed by atoms with E-state index in [0.717, 1.165) is 12.3 Å². The third-order valence-corrected chi connectivity index (χ3v) is 3.01. The van der Waals surface area contributed by atoms with Crippen molar-refractivity contribution in [3.8, 4) is 0 Å². The Morgan fingerprint density at radius 3 is 2.80 bits per heavy atom. The maximum absolute atomic E-state index is 11.8. The second-order valence-corrected chi connectivity index (χ2v) is 4.39. The molecule has 0 aromatic rings. The van der Waals surface area contributed by atoms with E-state index in [4.69, 9.17) is 0 Å². The van der Waals surface area contributed by atoms with Crippen LogP contribution in [-0.4, -0.2) is 42.7 Å². The molecular weight excluding hydrogens is 229 g/mol. The Hall–Kier alpha value is -0.430. The van der Waals surface area contributed by atoms with Gasteiger partial charge < -0.3 is 10.6 Å². The Morgan fingerprint density at radius 1 is 1.53 bits per heavy atom. The molecule has 88 valence electrons. The third kappa shape index (κ3) is 5.27. The summed E-state index contributed by atoms with van der Waals surface area (Å²) in [7, 11) is 0. The first-order chi connectivity index (χ1) is 6.99. The van der Waals surface area contributed by atoms with Gasteiger partial charge in [0.25, 0.3) is 0 Å². The van der Waals surface area contributed by atoms with Gasteiger partial charge in [0.1, 0.15) is 0 Å². The molecule has 1 atom stereocenters. The molecular formula is C8H13F3N2OS. The van der Waals surface area contributed by atoms with Gasteiger partial charge in [-0.25, -0.2) is 0 Å². The zero-order valence-electron chi connectivity index (χ0n) is 8.06. The minimum absolute atomic E-state index is 0.341. The zero-order valence-corrected chi connectivity index (χ0v) is 8.88. The standard InChI is InChI=1S/C8H13F3N2OS/c9-8(10,11)1-2-13-7(14)6-5-15-4-3-12-6/h6,12H,1-5H2,(H,13,14). The van der Waals surface area contributed by atoms with Gasteiger partial charge >= 0.3 is 6.18 Å². The first-order valence-corrected chi connectivity index (χ1v) is 5.80. The van der Waals surface area contributed by atoms with E-state index in [1.165, 1.54) is 0 Å². The highest BCUT2D eigenvalue weighted by Crippen LogP contribution is 2.18. The fourth-order valence-electron chi connectivity index (χ4n) is 1.18. The average Bonchev–Trinajstić information content (AvgIpc) is 2.17. The summed E-state index contributed by atoms with van der Waals surface area (Å²) in [6, 6.07) is -0.350. The van der Waals surface area contributed by atoms with Gasteiger partial charge in [0.15, 0.2) is 0 Å². The summed E-state index contributed by atoms with van der Waals surface area (Å²) in [4.78, 5) is 11.3. The molecule has 0 spiro atoms. The van der Waals surface area contributed by atoms with Crippen molar-refractivity contribution in [2.45, 2.75) is 18.6 Å². The molecule has 3 nitrogen and oxygen atoms in total. The number of halogens is 3. The highest BCUT2D eigenvalue weighted by Gasteiger charge is 2.27.